The fourth-order valence-corrected chi connectivity index (χ4v) is 3.69. The van der Waals surface area contributed by atoms with E-state index in [0.717, 1.165) is 42.2 Å². The molecule has 0 spiro atoms. The molecular formula is C21H24N4O. The molecule has 2 heterocycles. The summed E-state index contributed by atoms with van der Waals surface area (Å²) in [4.78, 5) is 19.7. The van der Waals surface area contributed by atoms with Gasteiger partial charge in [-0.25, -0.2) is 4.98 Å². The van der Waals surface area contributed by atoms with Crippen LogP contribution in [0.1, 0.15) is 24.2 Å². The molecule has 0 atom stereocenters. The van der Waals surface area contributed by atoms with Crippen molar-refractivity contribution < 1.29 is 4.79 Å². The molecule has 1 aliphatic rings. The number of likely N-dealkylation sites (tertiary alicyclic amines) is 1. The third-order valence-corrected chi connectivity index (χ3v) is 5.03. The Kier molecular flexibility index (Phi) is 4.71. The van der Waals surface area contributed by atoms with Gasteiger partial charge in [0, 0.05) is 12.2 Å². The van der Waals surface area contributed by atoms with Crippen molar-refractivity contribution in [3.8, 4) is 0 Å². The first kappa shape index (κ1) is 16.8. The van der Waals surface area contributed by atoms with Crippen LogP contribution >= 0.6 is 0 Å². The summed E-state index contributed by atoms with van der Waals surface area (Å²) in [5.74, 6) is 0.830. The second kappa shape index (κ2) is 7.30. The van der Waals surface area contributed by atoms with Crippen molar-refractivity contribution in [1.82, 2.24) is 14.5 Å². The molecule has 1 N–H and O–H groups in total. The lowest BCUT2D eigenvalue weighted by Crippen LogP contribution is -2.22. The number of hydrogen-bond acceptors (Lipinski definition) is 3. The minimum atomic E-state index is -0.0230. The van der Waals surface area contributed by atoms with Gasteiger partial charge < -0.3 is 9.88 Å². The van der Waals surface area contributed by atoms with Crippen LogP contribution in [0.3, 0.4) is 0 Å². The van der Waals surface area contributed by atoms with E-state index in [0.29, 0.717) is 0 Å². The maximum Gasteiger partial charge on any atom is 0.244 e. The number of amides is 1. The van der Waals surface area contributed by atoms with Crippen molar-refractivity contribution in [3.63, 3.8) is 0 Å². The number of aromatic nitrogens is 2. The quantitative estimate of drug-likeness (QED) is 0.767. The highest BCUT2D eigenvalue weighted by Gasteiger charge is 2.15. The summed E-state index contributed by atoms with van der Waals surface area (Å²) >= 11 is 0. The van der Waals surface area contributed by atoms with Gasteiger partial charge in [0.2, 0.25) is 5.91 Å². The van der Waals surface area contributed by atoms with Crippen LogP contribution in [0.2, 0.25) is 0 Å². The van der Waals surface area contributed by atoms with E-state index in [2.05, 4.69) is 21.3 Å². The molecule has 1 fully saturated rings. The molecule has 26 heavy (non-hydrogen) atoms. The third-order valence-electron chi connectivity index (χ3n) is 5.03. The number of rotatable bonds is 5. The number of aryl methyl sites for hydroxylation is 1. The first-order valence-electron chi connectivity index (χ1n) is 9.23. The third kappa shape index (κ3) is 3.48. The second-order valence-corrected chi connectivity index (χ2v) is 6.92. The van der Waals surface area contributed by atoms with Crippen molar-refractivity contribution >= 4 is 22.6 Å². The molecule has 134 valence electrons. The van der Waals surface area contributed by atoms with E-state index in [9.17, 15) is 4.79 Å². The van der Waals surface area contributed by atoms with E-state index in [-0.39, 0.29) is 12.5 Å². The number of nitrogens with zero attached hydrogens (tertiary/aromatic N) is 3. The van der Waals surface area contributed by atoms with Gasteiger partial charge in [0.15, 0.2) is 0 Å². The molecule has 1 aliphatic heterocycles. The van der Waals surface area contributed by atoms with Crippen LogP contribution in [-0.4, -0.2) is 33.4 Å². The van der Waals surface area contributed by atoms with E-state index in [1.54, 1.807) is 0 Å². The number of imidazole rings is 1. The second-order valence-electron chi connectivity index (χ2n) is 6.92. The standard InChI is InChI=1S/C21H24N4O/c1-16-22-19-10-4-5-11-20(19)25(16)15-21(26)23-18-9-3-2-8-17(18)14-24-12-6-7-13-24/h2-5,8-11H,6-7,12-15H2,1H3,(H,23,26). The SMILES string of the molecule is Cc1nc2ccccc2n1CC(=O)Nc1ccccc1CN1CCCC1. The highest BCUT2D eigenvalue weighted by Crippen LogP contribution is 2.21. The molecule has 5 nitrogen and oxygen atoms in total. The Morgan fingerprint density at radius 2 is 1.81 bits per heavy atom. The van der Waals surface area contributed by atoms with E-state index in [4.69, 9.17) is 0 Å². The van der Waals surface area contributed by atoms with E-state index >= 15 is 0 Å². The molecule has 5 heteroatoms. The van der Waals surface area contributed by atoms with Crippen molar-refractivity contribution in [2.75, 3.05) is 18.4 Å². The summed E-state index contributed by atoms with van der Waals surface area (Å²) in [6.07, 6.45) is 2.53. The minimum Gasteiger partial charge on any atom is -0.324 e. The fourth-order valence-electron chi connectivity index (χ4n) is 3.69. The van der Waals surface area contributed by atoms with Gasteiger partial charge in [-0.15, -0.1) is 0 Å². The predicted octanol–water partition coefficient (Wildman–Crippen LogP) is 3.58. The molecule has 0 bridgehead atoms. The zero-order valence-corrected chi connectivity index (χ0v) is 15.1. The van der Waals surface area contributed by atoms with Gasteiger partial charge >= 0.3 is 0 Å². The summed E-state index contributed by atoms with van der Waals surface area (Å²) in [7, 11) is 0. The lowest BCUT2D eigenvalue weighted by Gasteiger charge is -2.18. The van der Waals surface area contributed by atoms with Crippen LogP contribution in [0.15, 0.2) is 48.5 Å². The minimum absolute atomic E-state index is 0.0230. The Hall–Kier alpha value is -2.66. The van der Waals surface area contributed by atoms with Gasteiger partial charge in [-0.05, 0) is 56.6 Å². The summed E-state index contributed by atoms with van der Waals surface area (Å²) in [6.45, 7) is 5.38. The number of benzene rings is 2. The summed E-state index contributed by atoms with van der Waals surface area (Å²) in [6, 6.07) is 16.0. The van der Waals surface area contributed by atoms with Gasteiger partial charge in [-0.2, -0.15) is 0 Å². The Morgan fingerprint density at radius 3 is 2.65 bits per heavy atom. The Balaban J connectivity index is 1.50. The Morgan fingerprint density at radius 1 is 1.08 bits per heavy atom. The zero-order valence-electron chi connectivity index (χ0n) is 15.1. The number of carbonyl (C=O) groups excluding carboxylic acids is 1. The van der Waals surface area contributed by atoms with Crippen LogP contribution in [0.25, 0.3) is 11.0 Å². The largest absolute Gasteiger partial charge is 0.324 e. The van der Waals surface area contributed by atoms with Crippen molar-refractivity contribution in [2.24, 2.45) is 0 Å². The molecule has 0 aliphatic carbocycles. The molecule has 4 rings (SSSR count). The van der Waals surface area contributed by atoms with Crippen LogP contribution < -0.4 is 5.32 Å². The lowest BCUT2D eigenvalue weighted by atomic mass is 10.1. The van der Waals surface area contributed by atoms with Crippen LogP contribution in [0.4, 0.5) is 5.69 Å². The number of carbonyl (C=O) groups is 1. The molecule has 0 radical (unpaired) electrons. The predicted molar refractivity (Wildman–Crippen MR) is 104 cm³/mol. The number of para-hydroxylation sites is 3. The molecule has 1 saturated heterocycles. The van der Waals surface area contributed by atoms with Crippen LogP contribution in [0, 0.1) is 6.92 Å². The Bertz CT molecular complexity index is 925. The van der Waals surface area contributed by atoms with E-state index < -0.39 is 0 Å². The maximum absolute atomic E-state index is 12.7. The van der Waals surface area contributed by atoms with Gasteiger partial charge in [0.1, 0.15) is 12.4 Å². The summed E-state index contributed by atoms with van der Waals surface area (Å²) in [5, 5.41) is 3.10. The fraction of sp³-hybridized carbons (Fsp3) is 0.333. The smallest absolute Gasteiger partial charge is 0.244 e. The monoisotopic (exact) mass is 348 g/mol. The van der Waals surface area contributed by atoms with Gasteiger partial charge in [-0.3, -0.25) is 9.69 Å². The normalized spacial score (nSPS) is 14.8. The Labute approximate surface area is 153 Å². The van der Waals surface area contributed by atoms with E-state index in [1.165, 1.54) is 18.4 Å². The zero-order chi connectivity index (χ0) is 17.9. The van der Waals surface area contributed by atoms with Gasteiger partial charge in [0.25, 0.3) is 0 Å². The highest BCUT2D eigenvalue weighted by atomic mass is 16.1. The summed E-state index contributed by atoms with van der Waals surface area (Å²) in [5.41, 5.74) is 4.00. The number of fused-ring (bicyclic) bond motifs is 1. The number of hydrogen-bond donors (Lipinski definition) is 1. The van der Waals surface area contributed by atoms with Crippen molar-refractivity contribution in [3.05, 3.63) is 59.9 Å². The first-order chi connectivity index (χ1) is 12.7. The van der Waals surface area contributed by atoms with Crippen LogP contribution in [0.5, 0.6) is 0 Å². The van der Waals surface area contributed by atoms with Crippen molar-refractivity contribution in [1.29, 1.82) is 0 Å². The average molecular weight is 348 g/mol. The molecule has 0 saturated carbocycles. The molecule has 0 unspecified atom stereocenters. The average Bonchev–Trinajstić information content (AvgIpc) is 3.25. The topological polar surface area (TPSA) is 50.2 Å². The molecule has 3 aromatic rings. The molecule has 1 amide bonds. The molecular weight excluding hydrogens is 324 g/mol. The van der Waals surface area contributed by atoms with Crippen molar-refractivity contribution in [2.45, 2.75) is 32.9 Å². The van der Waals surface area contributed by atoms with E-state index in [1.807, 2.05) is 54.0 Å². The van der Waals surface area contributed by atoms with Gasteiger partial charge in [-0.1, -0.05) is 30.3 Å². The molecule has 1 aromatic heterocycles. The first-order valence-corrected chi connectivity index (χ1v) is 9.23. The van der Waals surface area contributed by atoms with Crippen LogP contribution in [-0.2, 0) is 17.9 Å². The number of nitrogens with one attached hydrogen (secondary N) is 1. The number of anilines is 1. The summed E-state index contributed by atoms with van der Waals surface area (Å²) < 4.78 is 1.97. The molecule has 2 aromatic carbocycles. The lowest BCUT2D eigenvalue weighted by molar-refractivity contribution is -0.116. The van der Waals surface area contributed by atoms with Gasteiger partial charge in [0.05, 0.1) is 11.0 Å². The maximum atomic E-state index is 12.7. The highest BCUT2D eigenvalue weighted by molar-refractivity contribution is 5.92.